The lowest BCUT2D eigenvalue weighted by molar-refractivity contribution is -0.274. The number of aldehydes is 1. The molecule has 0 aliphatic rings. The van der Waals surface area contributed by atoms with Crippen LogP contribution in [0.3, 0.4) is 0 Å². The lowest BCUT2D eigenvalue weighted by Crippen LogP contribution is -2.18. The van der Waals surface area contributed by atoms with E-state index in [0.717, 1.165) is 19.1 Å². The van der Waals surface area contributed by atoms with E-state index in [1.807, 2.05) is 0 Å². The normalized spacial score (nSPS) is 11.1. The Balaban J connectivity index is 3.31. The average molecular weight is 267 g/mol. The van der Waals surface area contributed by atoms with E-state index in [2.05, 4.69) is 4.74 Å². The molecule has 1 rings (SSSR count). The van der Waals surface area contributed by atoms with Gasteiger partial charge in [-0.05, 0) is 19.1 Å². The molecule has 0 fully saturated rings. The summed E-state index contributed by atoms with van der Waals surface area (Å²) in [5.74, 6) is -1.28. The molecule has 0 heterocycles. The van der Waals surface area contributed by atoms with Crippen molar-refractivity contribution in [2.75, 3.05) is 0 Å². The highest BCUT2D eigenvalue weighted by Gasteiger charge is 2.32. The molecule has 0 saturated carbocycles. The Kier molecular flexibility index (Phi) is 3.77. The fourth-order valence-corrected chi connectivity index (χ4v) is 1.45. The number of halogens is 4. The summed E-state index contributed by atoms with van der Waals surface area (Å²) >= 11 is 5.63. The van der Waals surface area contributed by atoms with Crippen LogP contribution in [0.25, 0.3) is 0 Å². The Morgan fingerprint density at radius 1 is 1.41 bits per heavy atom. The van der Waals surface area contributed by atoms with Crippen LogP contribution < -0.4 is 4.74 Å². The van der Waals surface area contributed by atoms with E-state index < -0.39 is 17.9 Å². The maximum atomic E-state index is 12.0. The van der Waals surface area contributed by atoms with Gasteiger partial charge >= 0.3 is 6.36 Å². The number of hydrogen-bond donors (Lipinski definition) is 0. The topological polar surface area (TPSA) is 43.4 Å². The first-order chi connectivity index (χ1) is 7.74. The van der Waals surface area contributed by atoms with E-state index in [1.54, 1.807) is 0 Å². The van der Waals surface area contributed by atoms with Crippen molar-refractivity contribution >= 4 is 23.7 Å². The fourth-order valence-electron chi connectivity index (χ4n) is 1.14. The first-order valence-corrected chi connectivity index (χ1v) is 4.68. The van der Waals surface area contributed by atoms with Gasteiger partial charge in [-0.3, -0.25) is 9.59 Å². The van der Waals surface area contributed by atoms with Crippen molar-refractivity contribution in [3.8, 4) is 5.75 Å². The zero-order valence-electron chi connectivity index (χ0n) is 8.47. The van der Waals surface area contributed by atoms with Crippen molar-refractivity contribution < 1.29 is 27.5 Å². The molecule has 7 heteroatoms. The number of ketones is 1. The molecule has 0 atom stereocenters. The summed E-state index contributed by atoms with van der Waals surface area (Å²) in [5.41, 5.74) is -0.520. The van der Waals surface area contributed by atoms with Gasteiger partial charge in [-0.15, -0.1) is 13.2 Å². The molecule has 0 saturated heterocycles. The van der Waals surface area contributed by atoms with E-state index in [0.29, 0.717) is 0 Å². The standard InChI is InChI=1S/C10H6ClF3O3/c1-5(16)7-3-9(17-10(12,13)14)6(4-15)2-8(7)11/h2-4H,1H3. The third kappa shape index (κ3) is 3.45. The van der Waals surface area contributed by atoms with Crippen LogP contribution in [-0.4, -0.2) is 18.4 Å². The number of Topliss-reactive ketones (excluding diaryl/α,β-unsaturated/α-hetero) is 1. The van der Waals surface area contributed by atoms with Crippen LogP contribution in [0, 0.1) is 0 Å². The van der Waals surface area contributed by atoms with Crippen molar-refractivity contribution in [3.63, 3.8) is 0 Å². The lowest BCUT2D eigenvalue weighted by Gasteiger charge is -2.12. The van der Waals surface area contributed by atoms with E-state index in [9.17, 15) is 22.8 Å². The van der Waals surface area contributed by atoms with Crippen molar-refractivity contribution in [3.05, 3.63) is 28.3 Å². The van der Waals surface area contributed by atoms with Crippen LogP contribution in [0.5, 0.6) is 5.75 Å². The first kappa shape index (κ1) is 13.5. The Labute approximate surface area is 99.1 Å². The van der Waals surface area contributed by atoms with Gasteiger partial charge in [0.05, 0.1) is 10.6 Å². The molecule has 1 aromatic carbocycles. The van der Waals surface area contributed by atoms with Crippen LogP contribution in [-0.2, 0) is 0 Å². The number of carbonyl (C=O) groups excluding carboxylic acids is 2. The van der Waals surface area contributed by atoms with Crippen molar-refractivity contribution in [1.82, 2.24) is 0 Å². The molecule has 0 aliphatic carbocycles. The monoisotopic (exact) mass is 266 g/mol. The van der Waals surface area contributed by atoms with Gasteiger partial charge in [0.2, 0.25) is 0 Å². The van der Waals surface area contributed by atoms with Crippen LogP contribution >= 0.6 is 11.6 Å². The number of carbonyl (C=O) groups is 2. The second-order valence-corrected chi connectivity index (χ2v) is 3.50. The molecule has 0 amide bonds. The molecule has 0 N–H and O–H groups in total. The molecule has 17 heavy (non-hydrogen) atoms. The third-order valence-electron chi connectivity index (χ3n) is 1.83. The first-order valence-electron chi connectivity index (χ1n) is 4.30. The van der Waals surface area contributed by atoms with Crippen molar-refractivity contribution in [1.29, 1.82) is 0 Å². The van der Waals surface area contributed by atoms with Gasteiger partial charge in [0, 0.05) is 5.56 Å². The molecule has 1 aromatic rings. The maximum absolute atomic E-state index is 12.0. The highest BCUT2D eigenvalue weighted by molar-refractivity contribution is 6.34. The molecule has 0 unspecified atom stereocenters. The highest BCUT2D eigenvalue weighted by Crippen LogP contribution is 2.30. The molecule has 0 aliphatic heterocycles. The second-order valence-electron chi connectivity index (χ2n) is 3.09. The second kappa shape index (κ2) is 4.75. The Hall–Kier alpha value is -1.56. The Bertz CT molecular complexity index is 469. The van der Waals surface area contributed by atoms with E-state index in [4.69, 9.17) is 11.6 Å². The van der Waals surface area contributed by atoms with Crippen LogP contribution in [0.15, 0.2) is 12.1 Å². The molecule has 0 bridgehead atoms. The van der Waals surface area contributed by atoms with Gasteiger partial charge in [0.1, 0.15) is 5.75 Å². The van der Waals surface area contributed by atoms with E-state index in [-0.39, 0.29) is 22.4 Å². The Morgan fingerprint density at radius 2 is 2.00 bits per heavy atom. The molecule has 0 radical (unpaired) electrons. The van der Waals surface area contributed by atoms with Gasteiger partial charge in [-0.2, -0.15) is 0 Å². The maximum Gasteiger partial charge on any atom is 0.573 e. The predicted molar refractivity (Wildman–Crippen MR) is 53.5 cm³/mol. The van der Waals surface area contributed by atoms with E-state index >= 15 is 0 Å². The smallest absolute Gasteiger partial charge is 0.405 e. The van der Waals surface area contributed by atoms with Crippen molar-refractivity contribution in [2.24, 2.45) is 0 Å². The molecule has 3 nitrogen and oxygen atoms in total. The summed E-state index contributed by atoms with van der Waals surface area (Å²) in [5, 5.41) is -0.103. The number of ether oxygens (including phenoxy) is 1. The number of alkyl halides is 3. The minimum absolute atomic E-state index is 0.103. The molecule has 92 valence electrons. The number of rotatable bonds is 3. The van der Waals surface area contributed by atoms with E-state index in [1.165, 1.54) is 0 Å². The highest BCUT2D eigenvalue weighted by atomic mass is 35.5. The van der Waals surface area contributed by atoms with Gasteiger partial charge < -0.3 is 4.74 Å². The van der Waals surface area contributed by atoms with Gasteiger partial charge in [0.25, 0.3) is 0 Å². The van der Waals surface area contributed by atoms with Gasteiger partial charge in [-0.1, -0.05) is 11.6 Å². The zero-order chi connectivity index (χ0) is 13.2. The third-order valence-corrected chi connectivity index (χ3v) is 2.14. The molecular weight excluding hydrogens is 261 g/mol. The summed E-state index contributed by atoms with van der Waals surface area (Å²) in [6.07, 6.45) is -4.78. The predicted octanol–water partition coefficient (Wildman–Crippen LogP) is 3.25. The minimum Gasteiger partial charge on any atom is -0.405 e. The number of hydrogen-bond acceptors (Lipinski definition) is 3. The average Bonchev–Trinajstić information content (AvgIpc) is 2.17. The SMILES string of the molecule is CC(=O)c1cc(OC(F)(F)F)c(C=O)cc1Cl. The fraction of sp³-hybridized carbons (Fsp3) is 0.200. The minimum atomic E-state index is -4.94. The van der Waals surface area contributed by atoms with Gasteiger partial charge in [0.15, 0.2) is 12.1 Å². The van der Waals surface area contributed by atoms with Crippen LogP contribution in [0.2, 0.25) is 5.02 Å². The summed E-state index contributed by atoms with van der Waals surface area (Å²) in [6.45, 7) is 1.14. The Morgan fingerprint density at radius 3 is 2.41 bits per heavy atom. The van der Waals surface area contributed by atoms with Crippen LogP contribution in [0.1, 0.15) is 27.6 Å². The van der Waals surface area contributed by atoms with Crippen molar-refractivity contribution in [2.45, 2.75) is 13.3 Å². The molecule has 0 spiro atoms. The molecule has 0 aromatic heterocycles. The summed E-state index contributed by atoms with van der Waals surface area (Å²) in [4.78, 5) is 21.6. The zero-order valence-corrected chi connectivity index (χ0v) is 9.22. The number of benzene rings is 1. The largest absolute Gasteiger partial charge is 0.573 e. The summed E-state index contributed by atoms with van der Waals surface area (Å²) < 4.78 is 39.7. The quantitative estimate of drug-likeness (QED) is 0.623. The lowest BCUT2D eigenvalue weighted by atomic mass is 10.1. The van der Waals surface area contributed by atoms with Crippen LogP contribution in [0.4, 0.5) is 13.2 Å². The molecular formula is C10H6ClF3O3. The van der Waals surface area contributed by atoms with Gasteiger partial charge in [-0.25, -0.2) is 0 Å². The summed E-state index contributed by atoms with van der Waals surface area (Å²) in [7, 11) is 0. The summed E-state index contributed by atoms with van der Waals surface area (Å²) in [6, 6.07) is 1.74.